The highest BCUT2D eigenvalue weighted by Crippen LogP contribution is 2.69. The predicted octanol–water partition coefficient (Wildman–Crippen LogP) is 7.31. The maximum Gasteiger partial charge on any atom is 0.325 e. The van der Waals surface area contributed by atoms with Crippen LogP contribution in [-0.4, -0.2) is 47.3 Å². The Hall–Kier alpha value is -2.23. The van der Waals surface area contributed by atoms with Crippen LogP contribution in [-0.2, 0) is 0 Å². The number of hydrogen-bond donors (Lipinski definition) is 4. The number of aliphatic hydroxyl groups is 2. The summed E-state index contributed by atoms with van der Waals surface area (Å²) in [5.74, 6) is 4.59. The van der Waals surface area contributed by atoms with Crippen molar-refractivity contribution in [3.8, 4) is 17.1 Å². The molecule has 0 aliphatic heterocycles. The summed E-state index contributed by atoms with van der Waals surface area (Å²) >= 11 is 1.23. The molecule has 0 radical (unpaired) electrons. The number of aromatic nitrogens is 1. The van der Waals surface area contributed by atoms with Crippen molar-refractivity contribution < 1.29 is 24.3 Å². The van der Waals surface area contributed by atoms with Crippen LogP contribution in [0.3, 0.4) is 0 Å². The van der Waals surface area contributed by atoms with Gasteiger partial charge in [-0.25, -0.2) is 4.79 Å². The van der Waals surface area contributed by atoms with E-state index < -0.39 is 0 Å². The SMILES string of the molecule is CC[C@H]1[C@@H](O)[C@@H]2[C@H](CC[C@]3(C)[C@@H]([C@H](C)CCNC(=O)NSc4ccc(-c5ccno5)cc4OC)CC[C@@H]23)[C@@]2(C)CC[C@@H](O)C[C@@H]12. The summed E-state index contributed by atoms with van der Waals surface area (Å²) in [6.45, 7) is 10.3. The first-order valence-electron chi connectivity index (χ1n) is 17.3. The van der Waals surface area contributed by atoms with Gasteiger partial charge >= 0.3 is 6.03 Å². The first-order chi connectivity index (χ1) is 21.6. The second-order valence-corrected chi connectivity index (χ2v) is 15.9. The minimum atomic E-state index is -0.262. The molecule has 4 N–H and O–H groups in total. The number of rotatable bonds is 9. The number of amides is 2. The fourth-order valence-corrected chi connectivity index (χ4v) is 11.6. The predicted molar refractivity (Wildman–Crippen MR) is 176 cm³/mol. The maximum atomic E-state index is 12.7. The molecule has 4 saturated carbocycles. The van der Waals surface area contributed by atoms with E-state index in [0.717, 1.165) is 42.6 Å². The molecule has 2 amide bonds. The lowest BCUT2D eigenvalue weighted by Crippen LogP contribution is -2.62. The average molecular weight is 640 g/mol. The molecule has 1 aromatic carbocycles. The molecule has 4 fully saturated rings. The Morgan fingerprint density at radius 1 is 1.11 bits per heavy atom. The van der Waals surface area contributed by atoms with E-state index >= 15 is 0 Å². The van der Waals surface area contributed by atoms with Gasteiger partial charge in [0.15, 0.2) is 5.76 Å². The number of nitrogens with one attached hydrogen (secondary N) is 2. The van der Waals surface area contributed by atoms with Gasteiger partial charge in [-0.3, -0.25) is 4.72 Å². The molecule has 4 aliphatic carbocycles. The van der Waals surface area contributed by atoms with Crippen LogP contribution >= 0.6 is 11.9 Å². The molecule has 8 nitrogen and oxygen atoms in total. The largest absolute Gasteiger partial charge is 0.495 e. The molecule has 45 heavy (non-hydrogen) atoms. The number of carbonyl (C=O) groups excluding carboxylic acids is 1. The zero-order valence-electron chi connectivity index (χ0n) is 27.6. The topological polar surface area (TPSA) is 117 Å². The molecular weight excluding hydrogens is 586 g/mol. The number of hydrogen-bond acceptors (Lipinski definition) is 7. The number of nitrogens with zero attached hydrogens (tertiary/aromatic N) is 1. The third-order valence-corrected chi connectivity index (χ3v) is 14.0. The highest BCUT2D eigenvalue weighted by atomic mass is 32.2. The summed E-state index contributed by atoms with van der Waals surface area (Å²) < 4.78 is 13.7. The van der Waals surface area contributed by atoms with Crippen LogP contribution in [0.5, 0.6) is 5.75 Å². The van der Waals surface area contributed by atoms with Crippen molar-refractivity contribution in [3.63, 3.8) is 0 Å². The normalized spacial score (nSPS) is 38.0. The number of ether oxygens (including phenoxy) is 1. The number of benzene rings is 1. The van der Waals surface area contributed by atoms with Gasteiger partial charge in [0.25, 0.3) is 0 Å². The van der Waals surface area contributed by atoms with Gasteiger partial charge in [0.2, 0.25) is 0 Å². The summed E-state index contributed by atoms with van der Waals surface area (Å²) in [7, 11) is 1.61. The lowest BCUT2D eigenvalue weighted by Gasteiger charge is -2.64. The van der Waals surface area contributed by atoms with Gasteiger partial charge in [0.1, 0.15) is 5.75 Å². The highest BCUT2D eigenvalue weighted by Gasteiger charge is 2.64. The number of carbonyl (C=O) groups is 1. The lowest BCUT2D eigenvalue weighted by atomic mass is 9.41. The van der Waals surface area contributed by atoms with Gasteiger partial charge in [-0.15, -0.1) is 0 Å². The smallest absolute Gasteiger partial charge is 0.325 e. The quantitative estimate of drug-likeness (QED) is 0.213. The highest BCUT2D eigenvalue weighted by molar-refractivity contribution is 7.98. The van der Waals surface area contributed by atoms with Crippen molar-refractivity contribution >= 4 is 18.0 Å². The second kappa shape index (κ2) is 13.1. The fourth-order valence-electron chi connectivity index (χ4n) is 11.0. The van der Waals surface area contributed by atoms with E-state index in [9.17, 15) is 15.0 Å². The molecule has 2 aromatic rings. The molecule has 1 aromatic heterocycles. The van der Waals surface area contributed by atoms with Crippen molar-refractivity contribution in [1.29, 1.82) is 0 Å². The van der Waals surface area contributed by atoms with E-state index in [1.165, 1.54) is 37.6 Å². The Morgan fingerprint density at radius 2 is 1.89 bits per heavy atom. The Kier molecular flexibility index (Phi) is 9.53. The second-order valence-electron chi connectivity index (χ2n) is 15.1. The maximum absolute atomic E-state index is 12.7. The van der Waals surface area contributed by atoms with Crippen molar-refractivity contribution in [2.45, 2.75) is 103 Å². The van der Waals surface area contributed by atoms with Gasteiger partial charge in [-0.05, 0) is 134 Å². The number of urea groups is 1. The Bertz CT molecular complexity index is 1320. The molecule has 248 valence electrons. The van der Waals surface area contributed by atoms with Crippen LogP contribution < -0.4 is 14.8 Å². The molecule has 9 heteroatoms. The van der Waals surface area contributed by atoms with Crippen LogP contribution in [0.2, 0.25) is 0 Å². The molecule has 0 saturated heterocycles. The first kappa shape index (κ1) is 32.7. The van der Waals surface area contributed by atoms with Gasteiger partial charge in [-0.2, -0.15) is 0 Å². The van der Waals surface area contributed by atoms with Gasteiger partial charge < -0.3 is 24.8 Å². The third-order valence-electron chi connectivity index (χ3n) is 13.2. The summed E-state index contributed by atoms with van der Waals surface area (Å²) in [4.78, 5) is 13.5. The average Bonchev–Trinajstić information content (AvgIpc) is 3.69. The third kappa shape index (κ3) is 5.91. The summed E-state index contributed by atoms with van der Waals surface area (Å²) in [6.07, 6.45) is 10.8. The van der Waals surface area contributed by atoms with Gasteiger partial charge in [-0.1, -0.05) is 39.3 Å². The van der Waals surface area contributed by atoms with E-state index in [1.54, 1.807) is 19.4 Å². The van der Waals surface area contributed by atoms with Crippen LogP contribution in [0, 0.1) is 52.3 Å². The lowest BCUT2D eigenvalue weighted by molar-refractivity contribution is -0.203. The standard InChI is InChI=1S/C36H53N3O5S/c1-6-24-28-20-23(40)11-15-36(28,4)27-12-16-35(3)25(8-9-26(35)32(27)33(24)41)21(2)13-17-37-34(42)39-45-31-10-7-22(19-30(31)43-5)29-14-18-38-44-29/h7,10,14,18-19,21,23-28,32-33,40-41H,6,8-9,11-13,15-17,20H2,1-5H3,(H2,37,39,42)/t21-,23-,24-,25-,26+,27+,28+,32+,33-,35-,36-/m1/s1. The number of aliphatic hydroxyl groups excluding tert-OH is 2. The molecule has 0 unspecified atom stereocenters. The Morgan fingerprint density at radius 3 is 2.62 bits per heavy atom. The van der Waals surface area contributed by atoms with Crippen LogP contribution in [0.25, 0.3) is 11.3 Å². The molecular formula is C36H53N3O5S. The molecule has 6 rings (SSSR count). The number of fused-ring (bicyclic) bond motifs is 5. The minimum Gasteiger partial charge on any atom is -0.495 e. The molecule has 0 spiro atoms. The van der Waals surface area contributed by atoms with E-state index in [4.69, 9.17) is 9.26 Å². The monoisotopic (exact) mass is 639 g/mol. The molecule has 11 atom stereocenters. The van der Waals surface area contributed by atoms with E-state index in [-0.39, 0.29) is 35.0 Å². The van der Waals surface area contributed by atoms with Gasteiger partial charge in [0.05, 0.1) is 30.4 Å². The van der Waals surface area contributed by atoms with Crippen molar-refractivity contribution in [2.24, 2.45) is 52.3 Å². The molecule has 0 bridgehead atoms. The summed E-state index contributed by atoms with van der Waals surface area (Å²) in [5.41, 5.74) is 1.32. The van der Waals surface area contributed by atoms with Crippen LogP contribution in [0.1, 0.15) is 85.5 Å². The summed E-state index contributed by atoms with van der Waals surface area (Å²) in [5, 5.41) is 29.4. The van der Waals surface area contributed by atoms with Crippen molar-refractivity contribution in [1.82, 2.24) is 15.2 Å². The van der Waals surface area contributed by atoms with Crippen LogP contribution in [0.4, 0.5) is 4.79 Å². The first-order valence-corrected chi connectivity index (χ1v) is 18.1. The Labute approximate surface area is 273 Å². The minimum absolute atomic E-state index is 0.207. The van der Waals surface area contributed by atoms with Crippen LogP contribution in [0.15, 0.2) is 39.9 Å². The van der Waals surface area contributed by atoms with E-state index in [2.05, 4.69) is 42.9 Å². The van der Waals surface area contributed by atoms with E-state index in [1.807, 2.05) is 18.2 Å². The number of methoxy groups -OCH3 is 1. The zero-order valence-corrected chi connectivity index (χ0v) is 28.4. The molecule has 1 heterocycles. The fraction of sp³-hybridized carbons (Fsp3) is 0.722. The van der Waals surface area contributed by atoms with Gasteiger partial charge in [0, 0.05) is 18.2 Å². The molecule has 4 aliphatic rings. The Balaban J connectivity index is 1.04. The van der Waals surface area contributed by atoms with Crippen molar-refractivity contribution in [3.05, 3.63) is 30.5 Å². The summed E-state index contributed by atoms with van der Waals surface area (Å²) in [6, 6.07) is 7.29. The van der Waals surface area contributed by atoms with E-state index in [0.29, 0.717) is 53.6 Å². The zero-order chi connectivity index (χ0) is 31.9. The van der Waals surface area contributed by atoms with Crippen molar-refractivity contribution in [2.75, 3.05) is 13.7 Å².